The number of carbonyl (C=O) groups is 2. The summed E-state index contributed by atoms with van der Waals surface area (Å²) < 4.78 is 5.32. The maximum atomic E-state index is 12.5. The van der Waals surface area contributed by atoms with E-state index in [2.05, 4.69) is 10.2 Å². The number of amides is 2. The van der Waals surface area contributed by atoms with E-state index >= 15 is 0 Å². The Hall–Kier alpha value is -1.92. The minimum atomic E-state index is -0.345. The minimum absolute atomic E-state index is 0.0370. The van der Waals surface area contributed by atoms with E-state index < -0.39 is 0 Å². The van der Waals surface area contributed by atoms with Crippen LogP contribution < -0.4 is 5.32 Å². The Bertz CT molecular complexity index is 558. The molecule has 0 saturated carbocycles. The fraction of sp³-hybridized carbons (Fsp3) is 0.556. The van der Waals surface area contributed by atoms with Crippen molar-refractivity contribution in [3.05, 3.63) is 35.9 Å². The van der Waals surface area contributed by atoms with Gasteiger partial charge in [0.2, 0.25) is 11.8 Å². The van der Waals surface area contributed by atoms with Gasteiger partial charge in [0.05, 0.1) is 13.2 Å². The monoisotopic (exact) mass is 331 g/mol. The summed E-state index contributed by atoms with van der Waals surface area (Å²) in [6.45, 7) is 5.29. The third kappa shape index (κ3) is 4.33. The zero-order chi connectivity index (χ0) is 16.8. The van der Waals surface area contributed by atoms with Gasteiger partial charge < -0.3 is 15.0 Å². The molecule has 1 aromatic rings. The summed E-state index contributed by atoms with van der Waals surface area (Å²) in [7, 11) is 0. The molecule has 2 heterocycles. The van der Waals surface area contributed by atoms with E-state index in [1.54, 1.807) is 4.90 Å². The molecule has 2 aliphatic heterocycles. The summed E-state index contributed by atoms with van der Waals surface area (Å²) in [6, 6.07) is 9.48. The van der Waals surface area contributed by atoms with Gasteiger partial charge >= 0.3 is 0 Å². The fourth-order valence-electron chi connectivity index (χ4n) is 3.26. The van der Waals surface area contributed by atoms with Gasteiger partial charge in [0.25, 0.3) is 0 Å². The standard InChI is InChI=1S/C18H25N3O3/c22-17-7-6-16(21(17)14-15-4-2-1-3-5-15)18(23)19-8-9-20-10-12-24-13-11-20/h1-5,16H,6-14H2,(H,19,23). The zero-order valence-electron chi connectivity index (χ0n) is 13.9. The molecule has 1 atom stereocenters. The van der Waals surface area contributed by atoms with Crippen LogP contribution in [-0.4, -0.2) is 67.0 Å². The Balaban J connectivity index is 1.50. The lowest BCUT2D eigenvalue weighted by Crippen LogP contribution is -2.47. The van der Waals surface area contributed by atoms with Crippen molar-refractivity contribution in [2.45, 2.75) is 25.4 Å². The normalized spacial score (nSPS) is 21.9. The molecule has 1 N–H and O–H groups in total. The van der Waals surface area contributed by atoms with E-state index in [1.165, 1.54) is 0 Å². The number of benzene rings is 1. The second-order valence-electron chi connectivity index (χ2n) is 6.31. The highest BCUT2D eigenvalue weighted by Crippen LogP contribution is 2.21. The number of carbonyl (C=O) groups excluding carboxylic acids is 2. The van der Waals surface area contributed by atoms with Gasteiger partial charge in [0.15, 0.2) is 0 Å². The van der Waals surface area contributed by atoms with Crippen LogP contribution in [0.5, 0.6) is 0 Å². The summed E-state index contributed by atoms with van der Waals surface area (Å²) in [4.78, 5) is 28.6. The van der Waals surface area contributed by atoms with E-state index in [0.717, 1.165) is 38.4 Å². The minimum Gasteiger partial charge on any atom is -0.379 e. The number of likely N-dealkylation sites (tertiary alicyclic amines) is 1. The molecule has 24 heavy (non-hydrogen) atoms. The molecule has 2 fully saturated rings. The van der Waals surface area contributed by atoms with Gasteiger partial charge in [0.1, 0.15) is 6.04 Å². The van der Waals surface area contributed by atoms with E-state index in [9.17, 15) is 9.59 Å². The molecule has 1 aromatic carbocycles. The molecule has 1 unspecified atom stereocenters. The van der Waals surface area contributed by atoms with Crippen molar-refractivity contribution >= 4 is 11.8 Å². The first-order valence-electron chi connectivity index (χ1n) is 8.65. The Morgan fingerprint density at radius 3 is 2.71 bits per heavy atom. The van der Waals surface area contributed by atoms with Crippen LogP contribution in [-0.2, 0) is 20.9 Å². The number of rotatable bonds is 6. The molecule has 0 aromatic heterocycles. The Morgan fingerprint density at radius 2 is 1.96 bits per heavy atom. The van der Waals surface area contributed by atoms with E-state index in [1.807, 2.05) is 30.3 Å². The number of hydrogen-bond donors (Lipinski definition) is 1. The topological polar surface area (TPSA) is 61.9 Å². The summed E-state index contributed by atoms with van der Waals surface area (Å²) in [5.74, 6) is 0.0252. The summed E-state index contributed by atoms with van der Waals surface area (Å²) in [5, 5.41) is 2.99. The SMILES string of the molecule is O=C(NCCN1CCOCC1)C1CCC(=O)N1Cc1ccccc1. The molecule has 6 nitrogen and oxygen atoms in total. The molecule has 0 bridgehead atoms. The van der Waals surface area contributed by atoms with Crippen LogP contribution in [0.2, 0.25) is 0 Å². The predicted molar refractivity (Wildman–Crippen MR) is 90.3 cm³/mol. The summed E-state index contributed by atoms with van der Waals surface area (Å²) in [5.41, 5.74) is 1.05. The van der Waals surface area contributed by atoms with Gasteiger partial charge in [-0.3, -0.25) is 14.5 Å². The number of ether oxygens (including phenoxy) is 1. The Kier molecular flexibility index (Phi) is 5.82. The third-order valence-electron chi connectivity index (χ3n) is 4.66. The average molecular weight is 331 g/mol. The van der Waals surface area contributed by atoms with Crippen molar-refractivity contribution < 1.29 is 14.3 Å². The van der Waals surface area contributed by atoms with Crippen LogP contribution in [0.15, 0.2) is 30.3 Å². The lowest BCUT2D eigenvalue weighted by atomic mass is 10.1. The first-order chi connectivity index (χ1) is 11.7. The van der Waals surface area contributed by atoms with Crippen LogP contribution in [0.1, 0.15) is 18.4 Å². The van der Waals surface area contributed by atoms with Crippen molar-refractivity contribution in [3.8, 4) is 0 Å². The zero-order valence-corrected chi connectivity index (χ0v) is 13.9. The molecule has 0 radical (unpaired) electrons. The van der Waals surface area contributed by atoms with Gasteiger partial charge in [-0.05, 0) is 12.0 Å². The summed E-state index contributed by atoms with van der Waals surface area (Å²) in [6.07, 6.45) is 1.06. The van der Waals surface area contributed by atoms with Crippen LogP contribution in [0, 0.1) is 0 Å². The van der Waals surface area contributed by atoms with Crippen molar-refractivity contribution in [2.75, 3.05) is 39.4 Å². The molecule has 2 amide bonds. The Morgan fingerprint density at radius 1 is 1.21 bits per heavy atom. The van der Waals surface area contributed by atoms with Crippen LogP contribution >= 0.6 is 0 Å². The molecular weight excluding hydrogens is 306 g/mol. The molecule has 0 aliphatic carbocycles. The highest BCUT2D eigenvalue weighted by atomic mass is 16.5. The van der Waals surface area contributed by atoms with Gasteiger partial charge in [0, 0.05) is 39.1 Å². The number of hydrogen-bond acceptors (Lipinski definition) is 4. The summed E-state index contributed by atoms with van der Waals surface area (Å²) >= 11 is 0. The van der Waals surface area contributed by atoms with Gasteiger partial charge in [-0.15, -0.1) is 0 Å². The lowest BCUT2D eigenvalue weighted by Gasteiger charge is -2.27. The van der Waals surface area contributed by atoms with Crippen molar-refractivity contribution in [3.63, 3.8) is 0 Å². The van der Waals surface area contributed by atoms with Gasteiger partial charge in [-0.25, -0.2) is 0 Å². The number of nitrogens with zero attached hydrogens (tertiary/aromatic N) is 2. The van der Waals surface area contributed by atoms with E-state index in [0.29, 0.717) is 25.9 Å². The molecular formula is C18H25N3O3. The highest BCUT2D eigenvalue weighted by molar-refractivity contribution is 5.90. The highest BCUT2D eigenvalue weighted by Gasteiger charge is 2.35. The molecule has 0 spiro atoms. The molecule has 6 heteroatoms. The van der Waals surface area contributed by atoms with E-state index in [-0.39, 0.29) is 17.9 Å². The smallest absolute Gasteiger partial charge is 0.242 e. The van der Waals surface area contributed by atoms with Gasteiger partial charge in [-0.2, -0.15) is 0 Å². The Labute approximate surface area is 142 Å². The molecule has 2 aliphatic rings. The fourth-order valence-corrected chi connectivity index (χ4v) is 3.26. The maximum absolute atomic E-state index is 12.5. The molecule has 3 rings (SSSR count). The van der Waals surface area contributed by atoms with Gasteiger partial charge in [-0.1, -0.05) is 30.3 Å². The first-order valence-corrected chi connectivity index (χ1v) is 8.65. The first kappa shape index (κ1) is 16.9. The lowest BCUT2D eigenvalue weighted by molar-refractivity contribution is -0.135. The quantitative estimate of drug-likeness (QED) is 0.830. The van der Waals surface area contributed by atoms with Crippen molar-refractivity contribution in [1.82, 2.24) is 15.1 Å². The predicted octanol–water partition coefficient (Wildman–Crippen LogP) is 0.626. The van der Waals surface area contributed by atoms with Crippen molar-refractivity contribution in [1.29, 1.82) is 0 Å². The second-order valence-corrected chi connectivity index (χ2v) is 6.31. The molecule has 2 saturated heterocycles. The average Bonchev–Trinajstić information content (AvgIpc) is 2.97. The largest absolute Gasteiger partial charge is 0.379 e. The third-order valence-corrected chi connectivity index (χ3v) is 4.66. The van der Waals surface area contributed by atoms with Crippen LogP contribution in [0.25, 0.3) is 0 Å². The second kappa shape index (κ2) is 8.26. The number of nitrogens with one attached hydrogen (secondary N) is 1. The van der Waals surface area contributed by atoms with E-state index in [4.69, 9.17) is 4.74 Å². The number of morpholine rings is 1. The molecule has 130 valence electrons. The van der Waals surface area contributed by atoms with Crippen LogP contribution in [0.4, 0.5) is 0 Å². The van der Waals surface area contributed by atoms with Crippen LogP contribution in [0.3, 0.4) is 0 Å². The maximum Gasteiger partial charge on any atom is 0.242 e. The van der Waals surface area contributed by atoms with Crippen molar-refractivity contribution in [2.24, 2.45) is 0 Å².